The van der Waals surface area contributed by atoms with E-state index in [1.165, 1.54) is 21.3 Å². The van der Waals surface area contributed by atoms with Crippen molar-refractivity contribution in [2.24, 2.45) is 10.2 Å². The van der Waals surface area contributed by atoms with E-state index in [0.29, 0.717) is 40.0 Å². The second-order valence-corrected chi connectivity index (χ2v) is 7.17. The maximum Gasteiger partial charge on any atom is 0.294 e. The Kier molecular flexibility index (Phi) is 6.63. The van der Waals surface area contributed by atoms with Gasteiger partial charge in [-0.15, -0.1) is 0 Å². The molecular weight excluding hydrogens is 436 g/mol. The number of hydrogen-bond donors (Lipinski definition) is 2. The summed E-state index contributed by atoms with van der Waals surface area (Å²) in [7, 11) is 6.16. The summed E-state index contributed by atoms with van der Waals surface area (Å²) in [6.07, 6.45) is 0. The zero-order chi connectivity index (χ0) is 24.1. The predicted octanol–water partition coefficient (Wildman–Crippen LogP) is 3.69. The smallest absolute Gasteiger partial charge is 0.294 e. The number of rotatable bonds is 8. The summed E-state index contributed by atoms with van der Waals surface area (Å²) >= 11 is 0. The normalized spacial score (nSPS) is 13.8. The van der Waals surface area contributed by atoms with Gasteiger partial charge < -0.3 is 18.9 Å². The van der Waals surface area contributed by atoms with E-state index in [1.54, 1.807) is 19.2 Å². The Bertz CT molecular complexity index is 1250. The Morgan fingerprint density at radius 2 is 1.47 bits per heavy atom. The van der Waals surface area contributed by atoms with Gasteiger partial charge in [-0.25, -0.2) is 5.43 Å². The van der Waals surface area contributed by atoms with E-state index < -0.39 is 5.91 Å². The summed E-state index contributed by atoms with van der Waals surface area (Å²) < 4.78 is 21.7. The van der Waals surface area contributed by atoms with Crippen LogP contribution in [0.1, 0.15) is 5.56 Å². The third kappa shape index (κ3) is 4.36. The monoisotopic (exact) mass is 460 g/mol. The van der Waals surface area contributed by atoms with Gasteiger partial charge in [-0.1, -0.05) is 30.3 Å². The first kappa shape index (κ1) is 22.7. The van der Waals surface area contributed by atoms with Gasteiger partial charge in [0.25, 0.3) is 5.91 Å². The van der Waals surface area contributed by atoms with Crippen LogP contribution in [0.15, 0.2) is 70.9 Å². The summed E-state index contributed by atoms with van der Waals surface area (Å²) in [6, 6.07) is 18.9. The molecule has 0 saturated carbocycles. The highest BCUT2D eigenvalue weighted by Gasteiger charge is 2.28. The zero-order valence-corrected chi connectivity index (χ0v) is 19.2. The van der Waals surface area contributed by atoms with Crippen molar-refractivity contribution >= 4 is 23.0 Å². The lowest BCUT2D eigenvalue weighted by atomic mass is 10.0. The standard InChI is InChI=1S/C25H24N4O5/c1-31-19-14-17(10-11-18(19)15-8-6-5-7-9-15)26-28-23-22(27-29-25(23)30)16-12-20(32-2)24(34-4)21(13-16)33-3/h5-14,26H,1-4H3,(H,28,29,30). The topological polar surface area (TPSA) is 103 Å². The number of nitrogens with zero attached hydrogens (tertiary/aromatic N) is 2. The van der Waals surface area contributed by atoms with E-state index in [1.807, 2.05) is 48.5 Å². The van der Waals surface area contributed by atoms with Gasteiger partial charge in [0.15, 0.2) is 17.2 Å². The van der Waals surface area contributed by atoms with Crippen LogP contribution in [0.4, 0.5) is 5.69 Å². The molecule has 0 radical (unpaired) electrons. The Hall–Kier alpha value is -4.53. The van der Waals surface area contributed by atoms with Crippen molar-refractivity contribution in [2.45, 2.75) is 0 Å². The van der Waals surface area contributed by atoms with Gasteiger partial charge in [-0.2, -0.15) is 10.2 Å². The summed E-state index contributed by atoms with van der Waals surface area (Å²) in [5, 5.41) is 8.46. The predicted molar refractivity (Wildman–Crippen MR) is 130 cm³/mol. The molecule has 9 heteroatoms. The summed E-state index contributed by atoms with van der Waals surface area (Å²) in [5.41, 5.74) is 9.03. The van der Waals surface area contributed by atoms with Crippen LogP contribution in [0, 0.1) is 0 Å². The van der Waals surface area contributed by atoms with Crippen LogP contribution in [0.25, 0.3) is 11.1 Å². The fraction of sp³-hybridized carbons (Fsp3) is 0.160. The lowest BCUT2D eigenvalue weighted by molar-refractivity contribution is -0.114. The lowest BCUT2D eigenvalue weighted by Gasteiger charge is -2.14. The Labute approximate surface area is 197 Å². The Morgan fingerprint density at radius 3 is 2.09 bits per heavy atom. The van der Waals surface area contributed by atoms with Crippen molar-refractivity contribution in [3.05, 3.63) is 66.2 Å². The SMILES string of the molecule is COc1cc(N/N=C2/C(=O)NN=C2c2cc(OC)c(OC)c(OC)c2)ccc1-c1ccccc1. The van der Waals surface area contributed by atoms with Gasteiger partial charge in [-0.05, 0) is 29.8 Å². The highest BCUT2D eigenvalue weighted by atomic mass is 16.5. The molecule has 1 aliphatic rings. The number of methoxy groups -OCH3 is 4. The van der Waals surface area contributed by atoms with Gasteiger partial charge >= 0.3 is 0 Å². The molecule has 174 valence electrons. The van der Waals surface area contributed by atoms with E-state index in [9.17, 15) is 4.79 Å². The van der Waals surface area contributed by atoms with Crippen LogP contribution in [-0.2, 0) is 4.79 Å². The maximum absolute atomic E-state index is 12.5. The summed E-state index contributed by atoms with van der Waals surface area (Å²) in [5.74, 6) is 1.55. The van der Waals surface area contributed by atoms with E-state index in [2.05, 4.69) is 21.1 Å². The van der Waals surface area contributed by atoms with Gasteiger partial charge in [0.2, 0.25) is 5.75 Å². The van der Waals surface area contributed by atoms with Crippen molar-refractivity contribution in [3.63, 3.8) is 0 Å². The van der Waals surface area contributed by atoms with Gasteiger partial charge in [0.05, 0.1) is 34.1 Å². The molecule has 0 aliphatic carbocycles. The third-order valence-corrected chi connectivity index (χ3v) is 5.23. The number of carbonyl (C=O) groups excluding carboxylic acids is 1. The molecule has 3 aromatic carbocycles. The minimum Gasteiger partial charge on any atom is -0.496 e. The molecule has 3 aromatic rings. The highest BCUT2D eigenvalue weighted by molar-refractivity contribution is 6.72. The Morgan fingerprint density at radius 1 is 0.794 bits per heavy atom. The maximum atomic E-state index is 12.5. The molecule has 0 bridgehead atoms. The fourth-order valence-corrected chi connectivity index (χ4v) is 3.58. The van der Waals surface area contributed by atoms with Gasteiger partial charge in [0.1, 0.15) is 11.5 Å². The van der Waals surface area contributed by atoms with Crippen LogP contribution in [-0.4, -0.2) is 45.8 Å². The number of nitrogens with one attached hydrogen (secondary N) is 2. The zero-order valence-electron chi connectivity index (χ0n) is 19.2. The van der Waals surface area contributed by atoms with Crippen molar-refractivity contribution in [3.8, 4) is 34.1 Å². The molecule has 2 N–H and O–H groups in total. The second kappa shape index (κ2) is 9.95. The minimum atomic E-state index is -0.441. The van der Waals surface area contributed by atoms with Gasteiger partial charge in [-0.3, -0.25) is 10.2 Å². The lowest BCUT2D eigenvalue weighted by Crippen LogP contribution is -2.25. The molecule has 9 nitrogen and oxygen atoms in total. The number of anilines is 1. The van der Waals surface area contributed by atoms with E-state index in [0.717, 1.165) is 11.1 Å². The molecule has 0 aromatic heterocycles. The summed E-state index contributed by atoms with van der Waals surface area (Å²) in [6.45, 7) is 0. The molecule has 0 spiro atoms. The minimum absolute atomic E-state index is 0.111. The van der Waals surface area contributed by atoms with Crippen LogP contribution in [0.3, 0.4) is 0 Å². The second-order valence-electron chi connectivity index (χ2n) is 7.17. The molecule has 4 rings (SSSR count). The molecular formula is C25H24N4O5. The molecule has 0 saturated heterocycles. The van der Waals surface area contributed by atoms with Crippen molar-refractivity contribution in [1.82, 2.24) is 5.43 Å². The molecule has 0 unspecified atom stereocenters. The largest absolute Gasteiger partial charge is 0.496 e. The van der Waals surface area contributed by atoms with E-state index >= 15 is 0 Å². The highest BCUT2D eigenvalue weighted by Crippen LogP contribution is 2.38. The van der Waals surface area contributed by atoms with Crippen molar-refractivity contribution in [1.29, 1.82) is 0 Å². The van der Waals surface area contributed by atoms with E-state index in [4.69, 9.17) is 18.9 Å². The van der Waals surface area contributed by atoms with E-state index in [-0.39, 0.29) is 5.71 Å². The number of amides is 1. The number of ether oxygens (including phenoxy) is 4. The number of carbonyl (C=O) groups is 1. The third-order valence-electron chi connectivity index (χ3n) is 5.23. The molecule has 0 fully saturated rings. The first-order valence-corrected chi connectivity index (χ1v) is 10.4. The van der Waals surface area contributed by atoms with Crippen LogP contribution < -0.4 is 29.8 Å². The van der Waals surface area contributed by atoms with Crippen molar-refractivity contribution in [2.75, 3.05) is 33.9 Å². The number of benzene rings is 3. The molecule has 1 heterocycles. The van der Waals surface area contributed by atoms with Crippen LogP contribution in [0.2, 0.25) is 0 Å². The Balaban J connectivity index is 1.64. The van der Waals surface area contributed by atoms with Gasteiger partial charge in [0, 0.05) is 17.2 Å². The number of hydrogen-bond acceptors (Lipinski definition) is 8. The van der Waals surface area contributed by atoms with Crippen LogP contribution >= 0.6 is 0 Å². The average molecular weight is 460 g/mol. The quantitative estimate of drug-likeness (QED) is 0.497. The number of hydrazone groups is 2. The van der Waals surface area contributed by atoms with Crippen molar-refractivity contribution < 1.29 is 23.7 Å². The van der Waals surface area contributed by atoms with Crippen LogP contribution in [0.5, 0.6) is 23.0 Å². The fourth-order valence-electron chi connectivity index (χ4n) is 3.58. The summed E-state index contributed by atoms with van der Waals surface area (Å²) in [4.78, 5) is 12.5. The average Bonchev–Trinajstić information content (AvgIpc) is 3.26. The molecule has 1 amide bonds. The molecule has 0 atom stereocenters. The molecule has 1 aliphatic heterocycles. The first-order valence-electron chi connectivity index (χ1n) is 10.4. The molecule has 34 heavy (non-hydrogen) atoms. The first-order chi connectivity index (χ1) is 16.6.